The van der Waals surface area contributed by atoms with Gasteiger partial charge in [-0.2, -0.15) is 18.4 Å². The van der Waals surface area contributed by atoms with Gasteiger partial charge in [-0.15, -0.1) is 0 Å². The van der Waals surface area contributed by atoms with Crippen molar-refractivity contribution in [1.82, 2.24) is 4.83 Å². The maximum absolute atomic E-state index is 12.0. The fraction of sp³-hybridized carbons (Fsp3) is 0. The summed E-state index contributed by atoms with van der Waals surface area (Å²) in [6, 6.07) is 18.7. The summed E-state index contributed by atoms with van der Waals surface area (Å²) in [4.78, 5) is 2.29. The molecule has 0 radical (unpaired) electrons. The summed E-state index contributed by atoms with van der Waals surface area (Å²) in [6.45, 7) is 0. The molecule has 0 saturated carbocycles. The normalized spacial score (nSPS) is 11.7. The first-order chi connectivity index (χ1) is 11.5. The molecule has 0 aliphatic rings. The standard InChI is InChI=1S/C17H13ClN2O3S/c18-14-8-6-13(7-9-14)17-11-10-15(23-17)12-19-20-24(21,22)16-4-2-1-3-5-16/h1-12,20H. The summed E-state index contributed by atoms with van der Waals surface area (Å²) >= 11 is 5.85. The van der Waals surface area contributed by atoms with E-state index in [2.05, 4.69) is 9.93 Å². The first-order valence-electron chi connectivity index (χ1n) is 7.00. The van der Waals surface area contributed by atoms with Gasteiger partial charge in [-0.25, -0.2) is 0 Å². The Kier molecular flexibility index (Phi) is 4.69. The van der Waals surface area contributed by atoms with Crippen molar-refractivity contribution in [3.63, 3.8) is 0 Å². The van der Waals surface area contributed by atoms with Crippen LogP contribution < -0.4 is 4.83 Å². The number of nitrogens with one attached hydrogen (secondary N) is 1. The van der Waals surface area contributed by atoms with Crippen LogP contribution in [0.25, 0.3) is 11.3 Å². The molecule has 0 amide bonds. The van der Waals surface area contributed by atoms with Crippen LogP contribution in [0.2, 0.25) is 5.02 Å². The largest absolute Gasteiger partial charge is 0.455 e. The van der Waals surface area contributed by atoms with Gasteiger partial charge in [0.15, 0.2) is 0 Å². The van der Waals surface area contributed by atoms with Crippen LogP contribution in [0.3, 0.4) is 0 Å². The van der Waals surface area contributed by atoms with Crippen LogP contribution in [0, 0.1) is 0 Å². The molecule has 0 unspecified atom stereocenters. The average molecular weight is 361 g/mol. The van der Waals surface area contributed by atoms with E-state index in [9.17, 15) is 8.42 Å². The molecule has 1 N–H and O–H groups in total. The molecule has 0 aliphatic carbocycles. The SMILES string of the molecule is O=S(=O)(NN=Cc1ccc(-c2ccc(Cl)cc2)o1)c1ccccc1. The average Bonchev–Trinajstić information content (AvgIpc) is 3.05. The first kappa shape index (κ1) is 16.3. The Balaban J connectivity index is 1.71. The van der Waals surface area contributed by atoms with E-state index in [0.717, 1.165) is 5.56 Å². The van der Waals surface area contributed by atoms with E-state index in [4.69, 9.17) is 16.0 Å². The van der Waals surface area contributed by atoms with Crippen LogP contribution in [0.4, 0.5) is 0 Å². The molecule has 3 aromatic rings. The highest BCUT2D eigenvalue weighted by molar-refractivity contribution is 7.89. The highest BCUT2D eigenvalue weighted by Crippen LogP contribution is 2.23. The second-order valence-electron chi connectivity index (χ2n) is 4.87. The molecule has 5 nitrogen and oxygen atoms in total. The number of rotatable bonds is 5. The number of nitrogens with zero attached hydrogens (tertiary/aromatic N) is 1. The minimum Gasteiger partial charge on any atom is -0.455 e. The van der Waals surface area contributed by atoms with Crippen molar-refractivity contribution in [1.29, 1.82) is 0 Å². The van der Waals surface area contributed by atoms with Crippen molar-refractivity contribution < 1.29 is 12.8 Å². The molecule has 1 aromatic heterocycles. The van der Waals surface area contributed by atoms with Gasteiger partial charge in [0.25, 0.3) is 10.0 Å². The van der Waals surface area contributed by atoms with Gasteiger partial charge in [-0.1, -0.05) is 29.8 Å². The van der Waals surface area contributed by atoms with Crippen LogP contribution in [0.1, 0.15) is 5.76 Å². The Morgan fingerprint density at radius 1 is 0.958 bits per heavy atom. The lowest BCUT2D eigenvalue weighted by Gasteiger charge is -2.01. The van der Waals surface area contributed by atoms with Crippen molar-refractivity contribution in [3.8, 4) is 11.3 Å². The Hall–Kier alpha value is -2.57. The molecule has 7 heteroatoms. The summed E-state index contributed by atoms with van der Waals surface area (Å²) in [5.41, 5.74) is 0.865. The van der Waals surface area contributed by atoms with E-state index in [-0.39, 0.29) is 4.90 Å². The molecule has 0 spiro atoms. The smallest absolute Gasteiger partial charge is 0.276 e. The molecular weight excluding hydrogens is 348 g/mol. The van der Waals surface area contributed by atoms with Crippen LogP contribution >= 0.6 is 11.6 Å². The Morgan fingerprint density at radius 2 is 1.67 bits per heavy atom. The second kappa shape index (κ2) is 6.90. The summed E-state index contributed by atoms with van der Waals surface area (Å²) in [5.74, 6) is 1.06. The van der Waals surface area contributed by atoms with E-state index in [1.54, 1.807) is 42.5 Å². The molecule has 0 fully saturated rings. The summed E-state index contributed by atoms with van der Waals surface area (Å²) in [7, 11) is -3.68. The van der Waals surface area contributed by atoms with E-state index in [0.29, 0.717) is 16.5 Å². The molecule has 0 saturated heterocycles. The zero-order valence-electron chi connectivity index (χ0n) is 12.4. The topological polar surface area (TPSA) is 71.7 Å². The first-order valence-corrected chi connectivity index (χ1v) is 8.86. The van der Waals surface area contributed by atoms with Crippen molar-refractivity contribution in [2.75, 3.05) is 0 Å². The van der Waals surface area contributed by atoms with Gasteiger partial charge >= 0.3 is 0 Å². The maximum Gasteiger partial charge on any atom is 0.276 e. The van der Waals surface area contributed by atoms with Gasteiger partial charge in [0.2, 0.25) is 0 Å². The highest BCUT2D eigenvalue weighted by atomic mass is 35.5. The third kappa shape index (κ3) is 3.84. The predicted octanol–water partition coefficient (Wildman–Crippen LogP) is 3.91. The number of hydrogen-bond donors (Lipinski definition) is 1. The fourth-order valence-corrected chi connectivity index (χ4v) is 2.94. The zero-order valence-corrected chi connectivity index (χ0v) is 14.0. The highest BCUT2D eigenvalue weighted by Gasteiger charge is 2.11. The minimum atomic E-state index is -3.68. The molecule has 3 rings (SSSR count). The van der Waals surface area contributed by atoms with Crippen LogP contribution in [-0.4, -0.2) is 14.6 Å². The maximum atomic E-state index is 12.0. The van der Waals surface area contributed by atoms with Crippen molar-refractivity contribution in [3.05, 3.63) is 77.5 Å². The van der Waals surface area contributed by atoms with Crippen molar-refractivity contribution >= 4 is 27.8 Å². The van der Waals surface area contributed by atoms with E-state index in [1.165, 1.54) is 18.3 Å². The third-order valence-electron chi connectivity index (χ3n) is 3.17. The van der Waals surface area contributed by atoms with Crippen LogP contribution in [-0.2, 0) is 10.0 Å². The molecule has 0 atom stereocenters. The Bertz CT molecular complexity index is 949. The van der Waals surface area contributed by atoms with Gasteiger partial charge in [-0.3, -0.25) is 0 Å². The molecule has 1 heterocycles. The molecule has 2 aromatic carbocycles. The Morgan fingerprint density at radius 3 is 2.38 bits per heavy atom. The van der Waals surface area contributed by atoms with Gasteiger partial charge in [-0.05, 0) is 48.5 Å². The Labute approximate surface area is 144 Å². The third-order valence-corrected chi connectivity index (χ3v) is 4.66. The number of sulfonamides is 1. The lowest BCUT2D eigenvalue weighted by molar-refractivity contribution is 0.573. The minimum absolute atomic E-state index is 0.142. The van der Waals surface area contributed by atoms with Gasteiger partial charge in [0, 0.05) is 10.6 Å². The summed E-state index contributed by atoms with van der Waals surface area (Å²) < 4.78 is 29.6. The van der Waals surface area contributed by atoms with Crippen LogP contribution in [0.5, 0.6) is 0 Å². The van der Waals surface area contributed by atoms with Gasteiger partial charge in [0.05, 0.1) is 11.1 Å². The van der Waals surface area contributed by atoms with E-state index in [1.807, 2.05) is 12.1 Å². The monoisotopic (exact) mass is 360 g/mol. The number of hydrogen-bond acceptors (Lipinski definition) is 4. The van der Waals surface area contributed by atoms with Crippen molar-refractivity contribution in [2.45, 2.75) is 4.90 Å². The number of furan rings is 1. The predicted molar refractivity (Wildman–Crippen MR) is 93.5 cm³/mol. The molecule has 122 valence electrons. The van der Waals surface area contributed by atoms with Crippen LogP contribution in [0.15, 0.2) is 81.1 Å². The lowest BCUT2D eigenvalue weighted by Crippen LogP contribution is -2.18. The summed E-state index contributed by atoms with van der Waals surface area (Å²) in [6.07, 6.45) is 1.31. The van der Waals surface area contributed by atoms with E-state index >= 15 is 0 Å². The number of benzene rings is 2. The fourth-order valence-electron chi connectivity index (χ4n) is 2.00. The molecular formula is C17H13ClN2O3S. The molecule has 0 aliphatic heterocycles. The van der Waals surface area contributed by atoms with Crippen molar-refractivity contribution in [2.24, 2.45) is 5.10 Å². The molecule has 0 bridgehead atoms. The number of halogens is 1. The van der Waals surface area contributed by atoms with Gasteiger partial charge in [0.1, 0.15) is 11.5 Å². The summed E-state index contributed by atoms with van der Waals surface area (Å²) in [5, 5.41) is 4.37. The quantitative estimate of drug-likeness (QED) is 0.553. The second-order valence-corrected chi connectivity index (χ2v) is 6.97. The lowest BCUT2D eigenvalue weighted by atomic mass is 10.2. The zero-order chi connectivity index (χ0) is 17.0. The van der Waals surface area contributed by atoms with Gasteiger partial charge < -0.3 is 4.42 Å². The molecule has 24 heavy (non-hydrogen) atoms. The van der Waals surface area contributed by atoms with E-state index < -0.39 is 10.0 Å². The number of hydrazone groups is 1.